The van der Waals surface area contributed by atoms with E-state index in [1.54, 1.807) is 10.9 Å². The fourth-order valence-corrected chi connectivity index (χ4v) is 1.19. The van der Waals surface area contributed by atoms with Crippen LogP contribution in [0.2, 0.25) is 0 Å². The first-order valence-corrected chi connectivity index (χ1v) is 3.72. The molecule has 0 amide bonds. The Morgan fingerprint density at radius 2 is 1.92 bits per heavy atom. The lowest BCUT2D eigenvalue weighted by Gasteiger charge is -2.03. The number of nitrogens with zero attached hydrogens (tertiary/aromatic N) is 3. The number of hydrogen-bond donors (Lipinski definition) is 3. The molecule has 0 saturated carbocycles. The van der Waals surface area contributed by atoms with Crippen molar-refractivity contribution in [2.24, 2.45) is 7.05 Å². The normalized spacial score (nSPS) is 10.8. The van der Waals surface area contributed by atoms with Crippen molar-refractivity contribution in [2.75, 3.05) is 17.2 Å². The number of hydrogen-bond acceptors (Lipinski definition) is 5. The van der Waals surface area contributed by atoms with Crippen LogP contribution in [0.4, 0.5) is 17.2 Å². The SMILES string of the molecule is Cn1cnc2c(N)c(N)c(N)nc21. The summed E-state index contributed by atoms with van der Waals surface area (Å²) in [6, 6.07) is 0. The number of nitrogen functional groups attached to an aromatic ring is 3. The molecule has 0 saturated heterocycles. The number of pyridine rings is 1. The van der Waals surface area contributed by atoms with Crippen molar-refractivity contribution in [2.45, 2.75) is 0 Å². The molecule has 0 bridgehead atoms. The molecule has 68 valence electrons. The minimum atomic E-state index is 0.244. The summed E-state index contributed by atoms with van der Waals surface area (Å²) in [5.41, 5.74) is 18.8. The Kier molecular flexibility index (Phi) is 1.33. The van der Waals surface area contributed by atoms with Crippen LogP contribution in [0.5, 0.6) is 0 Å². The second kappa shape index (κ2) is 2.25. The number of anilines is 3. The highest BCUT2D eigenvalue weighted by atomic mass is 15.1. The van der Waals surface area contributed by atoms with Crippen LogP contribution in [0.15, 0.2) is 6.33 Å². The highest BCUT2D eigenvalue weighted by Gasteiger charge is 2.10. The molecule has 0 aliphatic carbocycles. The summed E-state index contributed by atoms with van der Waals surface area (Å²) < 4.78 is 1.74. The van der Waals surface area contributed by atoms with Gasteiger partial charge in [0.05, 0.1) is 12.0 Å². The second-order valence-electron chi connectivity index (χ2n) is 2.85. The Balaban J connectivity index is 2.96. The van der Waals surface area contributed by atoms with Gasteiger partial charge in [0.2, 0.25) is 0 Å². The largest absolute Gasteiger partial charge is 0.395 e. The molecule has 6 N–H and O–H groups in total. The molecule has 0 fully saturated rings. The number of aryl methyl sites for hydroxylation is 1. The molecule has 2 rings (SSSR count). The zero-order valence-electron chi connectivity index (χ0n) is 7.15. The fraction of sp³-hybridized carbons (Fsp3) is 0.143. The van der Waals surface area contributed by atoms with E-state index in [9.17, 15) is 0 Å². The standard InChI is InChI=1S/C7H10N6/c1-13-2-11-5-3(8)4(9)6(10)12-7(5)13/h2H,9H2,1H3,(H4,8,10,12). The Bertz CT molecular complexity index is 471. The van der Waals surface area contributed by atoms with Crippen molar-refractivity contribution in [3.63, 3.8) is 0 Å². The lowest BCUT2D eigenvalue weighted by Crippen LogP contribution is -2.04. The van der Waals surface area contributed by atoms with Gasteiger partial charge in [-0.25, -0.2) is 9.97 Å². The molecule has 6 nitrogen and oxygen atoms in total. The van der Waals surface area contributed by atoms with Gasteiger partial charge in [-0.1, -0.05) is 0 Å². The van der Waals surface area contributed by atoms with Crippen LogP contribution < -0.4 is 17.2 Å². The van der Waals surface area contributed by atoms with Crippen molar-refractivity contribution in [1.82, 2.24) is 14.5 Å². The smallest absolute Gasteiger partial charge is 0.164 e. The van der Waals surface area contributed by atoms with Gasteiger partial charge in [-0.2, -0.15) is 0 Å². The van der Waals surface area contributed by atoms with Crippen molar-refractivity contribution >= 4 is 28.4 Å². The molecule has 0 atom stereocenters. The summed E-state index contributed by atoms with van der Waals surface area (Å²) in [6.45, 7) is 0. The van der Waals surface area contributed by atoms with Crippen LogP contribution in [0.3, 0.4) is 0 Å². The summed E-state index contributed by atoms with van der Waals surface area (Å²) >= 11 is 0. The molecule has 0 radical (unpaired) electrons. The van der Waals surface area contributed by atoms with Gasteiger partial charge >= 0.3 is 0 Å². The van der Waals surface area contributed by atoms with E-state index < -0.39 is 0 Å². The van der Waals surface area contributed by atoms with E-state index in [1.807, 2.05) is 7.05 Å². The minimum Gasteiger partial charge on any atom is -0.395 e. The molecule has 0 spiro atoms. The zero-order chi connectivity index (χ0) is 9.59. The van der Waals surface area contributed by atoms with Crippen molar-refractivity contribution in [1.29, 1.82) is 0 Å². The predicted octanol–water partition coefficient (Wildman–Crippen LogP) is -0.285. The molecular formula is C7H10N6. The van der Waals surface area contributed by atoms with Crippen molar-refractivity contribution in [3.05, 3.63) is 6.33 Å². The Hall–Kier alpha value is -1.98. The Morgan fingerprint density at radius 3 is 2.62 bits per heavy atom. The van der Waals surface area contributed by atoms with Crippen LogP contribution in [0.1, 0.15) is 0 Å². The van der Waals surface area contributed by atoms with E-state index in [0.29, 0.717) is 22.5 Å². The van der Waals surface area contributed by atoms with E-state index in [4.69, 9.17) is 17.2 Å². The van der Waals surface area contributed by atoms with Gasteiger partial charge in [0.15, 0.2) is 11.5 Å². The molecule has 0 aliphatic rings. The number of imidazole rings is 1. The Morgan fingerprint density at radius 1 is 1.23 bits per heavy atom. The number of fused-ring (bicyclic) bond motifs is 1. The summed E-state index contributed by atoms with van der Waals surface area (Å²) in [5, 5.41) is 0. The maximum Gasteiger partial charge on any atom is 0.164 e. The quantitative estimate of drug-likeness (QED) is 0.513. The van der Waals surface area contributed by atoms with Crippen molar-refractivity contribution < 1.29 is 0 Å². The molecule has 13 heavy (non-hydrogen) atoms. The molecule has 0 unspecified atom stereocenters. The fourth-order valence-electron chi connectivity index (χ4n) is 1.19. The van der Waals surface area contributed by atoms with Gasteiger partial charge in [0.1, 0.15) is 11.2 Å². The summed E-state index contributed by atoms with van der Waals surface area (Å²) in [7, 11) is 1.82. The van der Waals surface area contributed by atoms with Crippen LogP contribution in [-0.4, -0.2) is 14.5 Å². The third-order valence-corrected chi connectivity index (χ3v) is 1.95. The summed E-state index contributed by atoms with van der Waals surface area (Å²) in [6.07, 6.45) is 1.62. The summed E-state index contributed by atoms with van der Waals surface area (Å²) in [4.78, 5) is 8.13. The van der Waals surface area contributed by atoms with E-state index in [-0.39, 0.29) is 5.82 Å². The third-order valence-electron chi connectivity index (χ3n) is 1.95. The number of aromatic nitrogens is 3. The average molecular weight is 178 g/mol. The van der Waals surface area contributed by atoms with Crippen LogP contribution in [-0.2, 0) is 7.05 Å². The van der Waals surface area contributed by atoms with E-state index >= 15 is 0 Å². The lowest BCUT2D eigenvalue weighted by molar-refractivity contribution is 0.932. The zero-order valence-corrected chi connectivity index (χ0v) is 7.15. The van der Waals surface area contributed by atoms with E-state index in [0.717, 1.165) is 0 Å². The van der Waals surface area contributed by atoms with Gasteiger partial charge in [-0.05, 0) is 0 Å². The van der Waals surface area contributed by atoms with Crippen LogP contribution in [0.25, 0.3) is 11.2 Å². The maximum atomic E-state index is 5.71. The third kappa shape index (κ3) is 0.883. The van der Waals surface area contributed by atoms with Gasteiger partial charge in [-0.15, -0.1) is 0 Å². The molecule has 2 aromatic heterocycles. The number of rotatable bonds is 0. The van der Waals surface area contributed by atoms with E-state index in [1.165, 1.54) is 0 Å². The molecule has 0 aromatic carbocycles. The van der Waals surface area contributed by atoms with Crippen LogP contribution >= 0.6 is 0 Å². The van der Waals surface area contributed by atoms with Gasteiger partial charge in [0, 0.05) is 7.05 Å². The molecule has 0 aliphatic heterocycles. The predicted molar refractivity (Wildman–Crippen MR) is 51.7 cm³/mol. The first-order chi connectivity index (χ1) is 6.11. The summed E-state index contributed by atoms with van der Waals surface area (Å²) in [5.74, 6) is 0.244. The highest BCUT2D eigenvalue weighted by Crippen LogP contribution is 2.27. The van der Waals surface area contributed by atoms with Crippen LogP contribution in [0, 0.1) is 0 Å². The maximum absolute atomic E-state index is 5.71. The van der Waals surface area contributed by atoms with Gasteiger partial charge in [0.25, 0.3) is 0 Å². The van der Waals surface area contributed by atoms with Gasteiger partial charge < -0.3 is 21.8 Å². The topological polar surface area (TPSA) is 109 Å². The van der Waals surface area contributed by atoms with Crippen molar-refractivity contribution in [3.8, 4) is 0 Å². The van der Waals surface area contributed by atoms with Gasteiger partial charge in [-0.3, -0.25) is 0 Å². The monoisotopic (exact) mass is 178 g/mol. The first-order valence-electron chi connectivity index (χ1n) is 3.72. The number of nitrogens with two attached hydrogens (primary N) is 3. The second-order valence-corrected chi connectivity index (χ2v) is 2.85. The minimum absolute atomic E-state index is 0.244. The molecule has 2 aromatic rings. The molecule has 2 heterocycles. The van der Waals surface area contributed by atoms with E-state index in [2.05, 4.69) is 9.97 Å². The average Bonchev–Trinajstić information content (AvgIpc) is 2.45. The highest BCUT2D eigenvalue weighted by molar-refractivity contribution is 5.95. The first kappa shape index (κ1) is 7.66. The lowest BCUT2D eigenvalue weighted by atomic mass is 10.3. The molecular weight excluding hydrogens is 168 g/mol. The molecule has 6 heteroatoms. The Labute approximate surface area is 74.4 Å².